The maximum atomic E-state index is 13.7. The largest absolute Gasteiger partial charge is 0.491 e. The molecule has 0 saturated carbocycles. The lowest BCUT2D eigenvalue weighted by Gasteiger charge is -2.35. The number of nitrogens with two attached hydrogens (primary N) is 1. The van der Waals surface area contributed by atoms with Crippen LogP contribution in [0.2, 0.25) is 0 Å². The van der Waals surface area contributed by atoms with Gasteiger partial charge in [-0.05, 0) is 36.6 Å². The molecule has 0 fully saturated rings. The van der Waals surface area contributed by atoms with Crippen LogP contribution in [-0.4, -0.2) is 12.1 Å². The zero-order valence-corrected chi connectivity index (χ0v) is 10.9. The summed E-state index contributed by atoms with van der Waals surface area (Å²) in [6, 6.07) is 11.4. The van der Waals surface area contributed by atoms with E-state index in [0.717, 1.165) is 11.3 Å². The summed E-state index contributed by atoms with van der Waals surface area (Å²) in [6.45, 7) is 0.248. The lowest BCUT2D eigenvalue weighted by Crippen LogP contribution is -2.52. The van der Waals surface area contributed by atoms with Crippen molar-refractivity contribution >= 4 is 0 Å². The van der Waals surface area contributed by atoms with Crippen LogP contribution in [0.4, 0.5) is 8.78 Å². The highest BCUT2D eigenvalue weighted by molar-refractivity contribution is 5.37. The molecule has 0 saturated heterocycles. The maximum Gasteiger partial charge on any atom is 0.129 e. The highest BCUT2D eigenvalue weighted by Crippen LogP contribution is 2.30. The number of ether oxygens (including phenoxy) is 1. The van der Waals surface area contributed by atoms with Gasteiger partial charge in [0.1, 0.15) is 24.0 Å². The van der Waals surface area contributed by atoms with Crippen LogP contribution in [0, 0.1) is 11.6 Å². The third-order valence-corrected chi connectivity index (χ3v) is 3.62. The molecule has 2 nitrogen and oxygen atoms in total. The van der Waals surface area contributed by atoms with Gasteiger partial charge in [0.05, 0.1) is 5.54 Å². The Morgan fingerprint density at radius 3 is 2.50 bits per heavy atom. The first-order valence-electron chi connectivity index (χ1n) is 6.50. The molecule has 0 spiro atoms. The van der Waals surface area contributed by atoms with Gasteiger partial charge in [-0.15, -0.1) is 0 Å². The average Bonchev–Trinajstić information content (AvgIpc) is 2.43. The van der Waals surface area contributed by atoms with E-state index in [1.807, 2.05) is 24.3 Å². The molecule has 104 valence electrons. The first-order valence-corrected chi connectivity index (χ1v) is 6.50. The zero-order chi connectivity index (χ0) is 14.2. The minimum Gasteiger partial charge on any atom is -0.491 e. The number of hydrogen-bond acceptors (Lipinski definition) is 2. The predicted molar refractivity (Wildman–Crippen MR) is 72.6 cm³/mol. The molecule has 1 heterocycles. The molecule has 3 rings (SSSR count). The van der Waals surface area contributed by atoms with E-state index < -0.39 is 17.2 Å². The van der Waals surface area contributed by atoms with Crippen molar-refractivity contribution in [3.8, 4) is 5.75 Å². The molecular weight excluding hydrogens is 260 g/mol. The standard InChI is InChI=1S/C16H15F2NO/c17-13-5-3-6-14(18)12(13)9-16(19)8-11-4-1-2-7-15(11)20-10-16/h1-7H,8-10,19H2. The Labute approximate surface area is 116 Å². The summed E-state index contributed by atoms with van der Waals surface area (Å²) >= 11 is 0. The number of fused-ring (bicyclic) bond motifs is 1. The van der Waals surface area contributed by atoms with Gasteiger partial charge in [0.2, 0.25) is 0 Å². The number of rotatable bonds is 2. The number of benzene rings is 2. The lowest BCUT2D eigenvalue weighted by molar-refractivity contribution is 0.188. The summed E-state index contributed by atoms with van der Waals surface area (Å²) in [7, 11) is 0. The molecule has 1 aliphatic rings. The fourth-order valence-corrected chi connectivity index (χ4v) is 2.61. The maximum absolute atomic E-state index is 13.7. The Morgan fingerprint density at radius 1 is 1.05 bits per heavy atom. The van der Waals surface area contributed by atoms with Crippen LogP contribution in [0.5, 0.6) is 5.75 Å². The summed E-state index contributed by atoms with van der Waals surface area (Å²) in [5.41, 5.74) is 6.49. The zero-order valence-electron chi connectivity index (χ0n) is 10.9. The second-order valence-electron chi connectivity index (χ2n) is 5.31. The summed E-state index contributed by atoms with van der Waals surface area (Å²) < 4.78 is 33.1. The Balaban J connectivity index is 1.88. The molecule has 0 amide bonds. The SMILES string of the molecule is NC1(Cc2c(F)cccc2F)COc2ccccc2C1. The third-order valence-electron chi connectivity index (χ3n) is 3.62. The van der Waals surface area contributed by atoms with E-state index in [0.29, 0.717) is 6.42 Å². The summed E-state index contributed by atoms with van der Waals surface area (Å²) in [5, 5.41) is 0. The minimum atomic E-state index is -0.794. The first kappa shape index (κ1) is 13.1. The van der Waals surface area contributed by atoms with Gasteiger partial charge in [0.25, 0.3) is 0 Å². The molecular formula is C16H15F2NO. The van der Waals surface area contributed by atoms with Gasteiger partial charge < -0.3 is 10.5 Å². The van der Waals surface area contributed by atoms with Crippen LogP contribution in [-0.2, 0) is 12.8 Å². The molecule has 2 aromatic carbocycles. The van der Waals surface area contributed by atoms with Crippen molar-refractivity contribution in [2.24, 2.45) is 5.73 Å². The quantitative estimate of drug-likeness (QED) is 0.914. The van der Waals surface area contributed by atoms with Crippen LogP contribution < -0.4 is 10.5 Å². The Morgan fingerprint density at radius 2 is 1.75 bits per heavy atom. The van der Waals surface area contributed by atoms with Gasteiger partial charge >= 0.3 is 0 Å². The second-order valence-corrected chi connectivity index (χ2v) is 5.31. The Bertz CT molecular complexity index is 624. The van der Waals surface area contributed by atoms with E-state index in [-0.39, 0.29) is 18.6 Å². The smallest absolute Gasteiger partial charge is 0.129 e. The van der Waals surface area contributed by atoms with Gasteiger partial charge in [-0.2, -0.15) is 0 Å². The molecule has 0 aromatic heterocycles. The summed E-state index contributed by atoms with van der Waals surface area (Å²) in [6.07, 6.45) is 0.650. The van der Waals surface area contributed by atoms with Gasteiger partial charge in [-0.1, -0.05) is 24.3 Å². The normalized spacial score (nSPS) is 21.1. The van der Waals surface area contributed by atoms with Crippen LogP contribution in [0.25, 0.3) is 0 Å². The van der Waals surface area contributed by atoms with Crippen molar-refractivity contribution in [1.29, 1.82) is 0 Å². The van der Waals surface area contributed by atoms with Gasteiger partial charge in [0, 0.05) is 5.56 Å². The van der Waals surface area contributed by atoms with Gasteiger partial charge in [-0.3, -0.25) is 0 Å². The topological polar surface area (TPSA) is 35.2 Å². The van der Waals surface area contributed by atoms with Crippen molar-refractivity contribution in [1.82, 2.24) is 0 Å². The average molecular weight is 275 g/mol. The van der Waals surface area contributed by atoms with Crippen molar-refractivity contribution in [2.75, 3.05) is 6.61 Å². The highest BCUT2D eigenvalue weighted by Gasteiger charge is 2.33. The van der Waals surface area contributed by atoms with E-state index >= 15 is 0 Å². The molecule has 1 atom stereocenters. The van der Waals surface area contributed by atoms with E-state index in [9.17, 15) is 8.78 Å². The number of hydrogen-bond donors (Lipinski definition) is 1. The van der Waals surface area contributed by atoms with Crippen molar-refractivity contribution in [3.05, 3.63) is 65.2 Å². The number of halogens is 2. The second kappa shape index (κ2) is 4.87. The van der Waals surface area contributed by atoms with Crippen molar-refractivity contribution in [2.45, 2.75) is 18.4 Å². The monoisotopic (exact) mass is 275 g/mol. The molecule has 20 heavy (non-hydrogen) atoms. The van der Waals surface area contributed by atoms with Crippen LogP contribution in [0.15, 0.2) is 42.5 Å². The van der Waals surface area contributed by atoms with E-state index in [1.165, 1.54) is 18.2 Å². The lowest BCUT2D eigenvalue weighted by atomic mass is 9.84. The molecule has 2 N–H and O–H groups in total. The fourth-order valence-electron chi connectivity index (χ4n) is 2.61. The van der Waals surface area contributed by atoms with Crippen molar-refractivity contribution < 1.29 is 13.5 Å². The van der Waals surface area contributed by atoms with Crippen molar-refractivity contribution in [3.63, 3.8) is 0 Å². The van der Waals surface area contributed by atoms with E-state index in [4.69, 9.17) is 10.5 Å². The summed E-state index contributed by atoms with van der Waals surface area (Å²) in [4.78, 5) is 0. The molecule has 1 unspecified atom stereocenters. The minimum absolute atomic E-state index is 0.0259. The highest BCUT2D eigenvalue weighted by atomic mass is 19.1. The molecule has 0 radical (unpaired) electrons. The van der Waals surface area contributed by atoms with Crippen LogP contribution >= 0.6 is 0 Å². The Kier molecular flexibility index (Phi) is 3.18. The van der Waals surface area contributed by atoms with E-state index in [1.54, 1.807) is 0 Å². The van der Waals surface area contributed by atoms with E-state index in [2.05, 4.69) is 0 Å². The van der Waals surface area contributed by atoms with Gasteiger partial charge in [0.15, 0.2) is 0 Å². The third kappa shape index (κ3) is 2.39. The fraction of sp³-hybridized carbons (Fsp3) is 0.250. The summed E-state index contributed by atoms with van der Waals surface area (Å²) in [5.74, 6) is -0.329. The van der Waals surface area contributed by atoms with Crippen LogP contribution in [0.3, 0.4) is 0 Å². The molecule has 0 bridgehead atoms. The molecule has 0 aliphatic carbocycles. The van der Waals surface area contributed by atoms with Gasteiger partial charge in [-0.25, -0.2) is 8.78 Å². The van der Waals surface area contributed by atoms with Crippen LogP contribution in [0.1, 0.15) is 11.1 Å². The molecule has 4 heteroatoms. The molecule has 1 aliphatic heterocycles. The Hall–Kier alpha value is -1.94. The number of para-hydroxylation sites is 1. The predicted octanol–water partition coefficient (Wildman–Crippen LogP) is 2.84. The molecule has 2 aromatic rings. The first-order chi connectivity index (χ1) is 9.57.